The van der Waals surface area contributed by atoms with Crippen molar-refractivity contribution in [2.24, 2.45) is 0 Å². The molecule has 0 unspecified atom stereocenters. The van der Waals surface area contributed by atoms with Gasteiger partial charge >= 0.3 is 0 Å². The number of nitrogens with zero attached hydrogens (tertiary/aromatic N) is 1. The van der Waals surface area contributed by atoms with E-state index in [1.54, 1.807) is 0 Å². The second-order valence-electron chi connectivity index (χ2n) is 3.66. The summed E-state index contributed by atoms with van der Waals surface area (Å²) in [5.41, 5.74) is 2.95. The van der Waals surface area contributed by atoms with Crippen molar-refractivity contribution in [3.8, 4) is 11.3 Å². The minimum atomic E-state index is 0.146. The van der Waals surface area contributed by atoms with Crippen LogP contribution in [0.2, 0.25) is 0 Å². The number of oxazole rings is 1. The van der Waals surface area contributed by atoms with Crippen LogP contribution in [0.15, 0.2) is 28.7 Å². The molecule has 2 rings (SSSR count). The number of aryl methyl sites for hydroxylation is 2. The van der Waals surface area contributed by atoms with Crippen LogP contribution in [0.1, 0.15) is 28.9 Å². The molecule has 1 heterocycles. The van der Waals surface area contributed by atoms with E-state index in [2.05, 4.69) is 4.98 Å². The van der Waals surface area contributed by atoms with Gasteiger partial charge in [-0.2, -0.15) is 0 Å². The first-order chi connectivity index (χ1) is 7.74. The first-order valence-electron chi connectivity index (χ1n) is 5.26. The van der Waals surface area contributed by atoms with E-state index >= 15 is 0 Å². The predicted octanol–water partition coefficient (Wildman–Crippen LogP) is 3.02. The smallest absolute Gasteiger partial charge is 0.260 e. The molecule has 82 valence electrons. The molecule has 0 spiro atoms. The Kier molecular flexibility index (Phi) is 2.86. The highest BCUT2D eigenvalue weighted by atomic mass is 16.4. The van der Waals surface area contributed by atoms with E-state index in [1.807, 2.05) is 38.1 Å². The lowest BCUT2D eigenvalue weighted by Gasteiger charge is -1.99. The van der Waals surface area contributed by atoms with Crippen molar-refractivity contribution in [1.29, 1.82) is 0 Å². The van der Waals surface area contributed by atoms with Gasteiger partial charge in [0.05, 0.1) is 0 Å². The Labute approximate surface area is 94.1 Å². The lowest BCUT2D eigenvalue weighted by atomic mass is 10.1. The zero-order valence-corrected chi connectivity index (χ0v) is 9.36. The number of hydrogen-bond acceptors (Lipinski definition) is 3. The molecule has 0 radical (unpaired) electrons. The summed E-state index contributed by atoms with van der Waals surface area (Å²) in [6.45, 7) is 4.01. The van der Waals surface area contributed by atoms with Crippen LogP contribution >= 0.6 is 0 Å². The lowest BCUT2D eigenvalue weighted by Crippen LogP contribution is -1.84. The van der Waals surface area contributed by atoms with Crippen molar-refractivity contribution < 1.29 is 9.21 Å². The third kappa shape index (κ3) is 1.89. The first kappa shape index (κ1) is 10.6. The van der Waals surface area contributed by atoms with Crippen molar-refractivity contribution in [2.75, 3.05) is 0 Å². The molecule has 0 saturated heterocycles. The second kappa shape index (κ2) is 4.31. The van der Waals surface area contributed by atoms with Gasteiger partial charge in [0.25, 0.3) is 5.89 Å². The molecule has 0 amide bonds. The molecular formula is C13H13NO2. The number of benzene rings is 1. The molecule has 3 heteroatoms. The maximum Gasteiger partial charge on any atom is 0.260 e. The van der Waals surface area contributed by atoms with Crippen LogP contribution in [-0.2, 0) is 6.42 Å². The molecule has 0 fully saturated rings. The number of carbonyl (C=O) groups excluding carboxylic acids is 1. The Balaban J connectivity index is 2.49. The topological polar surface area (TPSA) is 43.1 Å². The van der Waals surface area contributed by atoms with Crippen molar-refractivity contribution in [2.45, 2.75) is 20.3 Å². The first-order valence-corrected chi connectivity index (χ1v) is 5.26. The van der Waals surface area contributed by atoms with Crippen LogP contribution in [0, 0.1) is 6.92 Å². The third-order valence-corrected chi connectivity index (χ3v) is 2.46. The van der Waals surface area contributed by atoms with Gasteiger partial charge in [-0.1, -0.05) is 36.8 Å². The van der Waals surface area contributed by atoms with Crippen molar-refractivity contribution in [3.05, 3.63) is 41.5 Å². The van der Waals surface area contributed by atoms with Gasteiger partial charge in [-0.05, 0) is 6.92 Å². The average Bonchev–Trinajstić information content (AvgIpc) is 2.73. The normalized spacial score (nSPS) is 10.4. The van der Waals surface area contributed by atoms with Gasteiger partial charge in [-0.15, -0.1) is 0 Å². The number of hydrogen-bond donors (Lipinski definition) is 0. The summed E-state index contributed by atoms with van der Waals surface area (Å²) in [7, 11) is 0. The maximum atomic E-state index is 10.6. The molecule has 0 bridgehead atoms. The van der Waals surface area contributed by atoms with Gasteiger partial charge in [0.2, 0.25) is 6.29 Å². The quantitative estimate of drug-likeness (QED) is 0.739. The Bertz CT molecular complexity index is 497. The fraction of sp³-hybridized carbons (Fsp3) is 0.231. The van der Waals surface area contributed by atoms with Crippen LogP contribution < -0.4 is 0 Å². The minimum Gasteiger partial charge on any atom is -0.438 e. The molecule has 0 aliphatic rings. The largest absolute Gasteiger partial charge is 0.438 e. The molecule has 0 atom stereocenters. The van der Waals surface area contributed by atoms with Crippen LogP contribution in [0.4, 0.5) is 0 Å². The molecule has 16 heavy (non-hydrogen) atoms. The summed E-state index contributed by atoms with van der Waals surface area (Å²) < 4.78 is 5.32. The summed E-state index contributed by atoms with van der Waals surface area (Å²) in [5, 5.41) is 0. The zero-order valence-electron chi connectivity index (χ0n) is 9.36. The molecule has 0 aliphatic heterocycles. The Morgan fingerprint density at radius 1 is 1.31 bits per heavy atom. The van der Waals surface area contributed by atoms with E-state index in [0.29, 0.717) is 6.29 Å². The van der Waals surface area contributed by atoms with Crippen LogP contribution in [-0.4, -0.2) is 11.3 Å². The van der Waals surface area contributed by atoms with Gasteiger partial charge in [0, 0.05) is 12.0 Å². The Morgan fingerprint density at radius 3 is 2.56 bits per heavy atom. The third-order valence-electron chi connectivity index (χ3n) is 2.46. The molecule has 0 aliphatic carbocycles. The summed E-state index contributed by atoms with van der Waals surface area (Å²) in [5.74, 6) is 0.901. The van der Waals surface area contributed by atoms with Crippen molar-refractivity contribution in [1.82, 2.24) is 4.98 Å². The molecule has 2 aromatic rings. The highest BCUT2D eigenvalue weighted by Crippen LogP contribution is 2.24. The number of rotatable bonds is 3. The van der Waals surface area contributed by atoms with E-state index in [1.165, 1.54) is 5.56 Å². The standard InChI is InChI=1S/C13H13NO2/c1-3-11-13(14-12(8-15)16-11)10-6-4-9(2)5-7-10/h4-8H,3H2,1-2H3. The molecule has 0 N–H and O–H groups in total. The van der Waals surface area contributed by atoms with Crippen LogP contribution in [0.3, 0.4) is 0 Å². The maximum absolute atomic E-state index is 10.6. The van der Waals surface area contributed by atoms with Crippen molar-refractivity contribution in [3.63, 3.8) is 0 Å². The average molecular weight is 215 g/mol. The number of aldehydes is 1. The summed E-state index contributed by atoms with van der Waals surface area (Å²) in [6, 6.07) is 8.01. The second-order valence-corrected chi connectivity index (χ2v) is 3.66. The predicted molar refractivity (Wildman–Crippen MR) is 61.4 cm³/mol. The summed E-state index contributed by atoms with van der Waals surface area (Å²) >= 11 is 0. The van der Waals surface area contributed by atoms with Crippen LogP contribution in [0.25, 0.3) is 11.3 Å². The van der Waals surface area contributed by atoms with Gasteiger partial charge in [0.1, 0.15) is 11.5 Å². The monoisotopic (exact) mass is 215 g/mol. The fourth-order valence-electron chi connectivity index (χ4n) is 1.60. The van der Waals surface area contributed by atoms with E-state index in [-0.39, 0.29) is 5.89 Å². The van der Waals surface area contributed by atoms with Gasteiger partial charge in [-0.3, -0.25) is 4.79 Å². The van der Waals surface area contributed by atoms with E-state index in [9.17, 15) is 4.79 Å². The molecule has 0 saturated carbocycles. The SMILES string of the molecule is CCc1oc(C=O)nc1-c1ccc(C)cc1. The minimum absolute atomic E-state index is 0.146. The number of aromatic nitrogens is 1. The summed E-state index contributed by atoms with van der Waals surface area (Å²) in [4.78, 5) is 14.8. The molecule has 1 aromatic heterocycles. The summed E-state index contributed by atoms with van der Waals surface area (Å²) in [6.07, 6.45) is 1.36. The lowest BCUT2D eigenvalue weighted by molar-refractivity contribution is 0.109. The van der Waals surface area contributed by atoms with Gasteiger partial charge < -0.3 is 4.42 Å². The number of carbonyl (C=O) groups is 1. The Hall–Kier alpha value is -1.90. The van der Waals surface area contributed by atoms with Crippen LogP contribution in [0.5, 0.6) is 0 Å². The van der Waals surface area contributed by atoms with E-state index in [4.69, 9.17) is 4.42 Å². The molecule has 3 nitrogen and oxygen atoms in total. The Morgan fingerprint density at radius 2 is 2.00 bits per heavy atom. The molecular weight excluding hydrogens is 202 g/mol. The highest BCUT2D eigenvalue weighted by Gasteiger charge is 2.12. The van der Waals surface area contributed by atoms with E-state index < -0.39 is 0 Å². The highest BCUT2D eigenvalue weighted by molar-refractivity contribution is 5.71. The molecule has 1 aromatic carbocycles. The van der Waals surface area contributed by atoms with E-state index in [0.717, 1.165) is 23.4 Å². The van der Waals surface area contributed by atoms with Gasteiger partial charge in [-0.25, -0.2) is 4.98 Å². The fourth-order valence-corrected chi connectivity index (χ4v) is 1.60. The van der Waals surface area contributed by atoms with Gasteiger partial charge in [0.15, 0.2) is 0 Å². The van der Waals surface area contributed by atoms with Crippen molar-refractivity contribution >= 4 is 6.29 Å². The zero-order chi connectivity index (χ0) is 11.5.